The first-order valence-electron chi connectivity index (χ1n) is 7.89. The maximum Gasteiger partial charge on any atom is 0.219 e. The van der Waals surface area contributed by atoms with Crippen molar-refractivity contribution in [3.8, 4) is 5.75 Å². The van der Waals surface area contributed by atoms with Crippen molar-refractivity contribution in [2.45, 2.75) is 38.6 Å². The van der Waals surface area contributed by atoms with Crippen molar-refractivity contribution >= 4 is 5.91 Å². The molecule has 0 spiro atoms. The second-order valence-corrected chi connectivity index (χ2v) is 5.54. The summed E-state index contributed by atoms with van der Waals surface area (Å²) in [7, 11) is 1.68. The maximum absolute atomic E-state index is 11.6. The number of ether oxygens (including phenoxy) is 1. The van der Waals surface area contributed by atoms with Crippen LogP contribution in [0.4, 0.5) is 0 Å². The molecule has 1 aliphatic rings. The van der Waals surface area contributed by atoms with Crippen molar-refractivity contribution < 1.29 is 9.53 Å². The smallest absolute Gasteiger partial charge is 0.219 e. The number of amides is 1. The number of rotatable bonds is 6. The SMILES string of the molecule is CCC(=O)NC[C@@H](c1ccc(OC)cc1)N1CCCCC1. The molecule has 0 saturated carbocycles. The van der Waals surface area contributed by atoms with E-state index in [1.807, 2.05) is 19.1 Å². The Hall–Kier alpha value is -1.55. The second-order valence-electron chi connectivity index (χ2n) is 5.54. The lowest BCUT2D eigenvalue weighted by Crippen LogP contribution is -2.40. The highest BCUT2D eigenvalue weighted by Crippen LogP contribution is 2.25. The van der Waals surface area contributed by atoms with Crippen LogP contribution >= 0.6 is 0 Å². The Morgan fingerprint density at radius 1 is 1.24 bits per heavy atom. The Morgan fingerprint density at radius 3 is 2.48 bits per heavy atom. The van der Waals surface area contributed by atoms with Crippen molar-refractivity contribution in [2.24, 2.45) is 0 Å². The molecule has 0 radical (unpaired) electrons. The number of nitrogens with one attached hydrogen (secondary N) is 1. The van der Waals surface area contributed by atoms with Crippen molar-refractivity contribution in [1.82, 2.24) is 10.2 Å². The number of hydrogen-bond donors (Lipinski definition) is 1. The van der Waals surface area contributed by atoms with Crippen molar-refractivity contribution in [3.05, 3.63) is 29.8 Å². The molecule has 2 rings (SSSR count). The molecule has 0 bridgehead atoms. The molecule has 1 aromatic carbocycles. The number of likely N-dealkylation sites (tertiary alicyclic amines) is 1. The van der Waals surface area contributed by atoms with Crippen LogP contribution in [0.25, 0.3) is 0 Å². The van der Waals surface area contributed by atoms with Gasteiger partial charge in [0, 0.05) is 13.0 Å². The number of methoxy groups -OCH3 is 1. The molecule has 0 unspecified atom stereocenters. The summed E-state index contributed by atoms with van der Waals surface area (Å²) in [4.78, 5) is 14.1. The highest BCUT2D eigenvalue weighted by atomic mass is 16.5. The zero-order valence-corrected chi connectivity index (χ0v) is 13.1. The largest absolute Gasteiger partial charge is 0.497 e. The topological polar surface area (TPSA) is 41.6 Å². The Bertz CT molecular complexity index is 439. The van der Waals surface area contributed by atoms with Crippen molar-refractivity contribution in [3.63, 3.8) is 0 Å². The summed E-state index contributed by atoms with van der Waals surface area (Å²) in [5.41, 5.74) is 1.24. The predicted octanol–water partition coefficient (Wildman–Crippen LogP) is 2.75. The summed E-state index contributed by atoms with van der Waals surface area (Å²) < 4.78 is 5.23. The van der Waals surface area contributed by atoms with E-state index in [-0.39, 0.29) is 11.9 Å². The van der Waals surface area contributed by atoms with Gasteiger partial charge in [0.05, 0.1) is 13.2 Å². The number of carbonyl (C=O) groups is 1. The van der Waals surface area contributed by atoms with Gasteiger partial charge in [0.25, 0.3) is 0 Å². The summed E-state index contributed by atoms with van der Waals surface area (Å²) >= 11 is 0. The average molecular weight is 290 g/mol. The van der Waals surface area contributed by atoms with Crippen LogP contribution in [-0.4, -0.2) is 37.6 Å². The first-order chi connectivity index (χ1) is 10.2. The van der Waals surface area contributed by atoms with E-state index in [9.17, 15) is 4.79 Å². The molecule has 1 saturated heterocycles. The monoisotopic (exact) mass is 290 g/mol. The van der Waals surface area contributed by atoms with E-state index >= 15 is 0 Å². The molecule has 1 N–H and O–H groups in total. The van der Waals surface area contributed by atoms with E-state index in [0.29, 0.717) is 13.0 Å². The Labute approximate surface area is 127 Å². The van der Waals surface area contributed by atoms with Gasteiger partial charge in [0.15, 0.2) is 0 Å². The van der Waals surface area contributed by atoms with E-state index in [0.717, 1.165) is 18.8 Å². The summed E-state index contributed by atoms with van der Waals surface area (Å²) in [6.07, 6.45) is 4.34. The minimum atomic E-state index is 0.116. The van der Waals surface area contributed by atoms with E-state index in [4.69, 9.17) is 4.74 Å². The lowest BCUT2D eigenvalue weighted by atomic mass is 10.0. The lowest BCUT2D eigenvalue weighted by Gasteiger charge is -2.35. The zero-order chi connectivity index (χ0) is 15.1. The summed E-state index contributed by atoms with van der Waals surface area (Å²) in [6.45, 7) is 4.79. The standard InChI is InChI=1S/C17H26N2O2/c1-3-17(20)18-13-16(19-11-5-4-6-12-19)14-7-9-15(21-2)10-8-14/h7-10,16H,3-6,11-13H2,1-2H3,(H,18,20)/t16-/m0/s1. The van der Waals surface area contributed by atoms with Crippen molar-refractivity contribution in [1.29, 1.82) is 0 Å². The normalized spacial score (nSPS) is 17.2. The fourth-order valence-corrected chi connectivity index (χ4v) is 2.85. The van der Waals surface area contributed by atoms with Gasteiger partial charge in [-0.05, 0) is 43.6 Å². The highest BCUT2D eigenvalue weighted by Gasteiger charge is 2.22. The zero-order valence-electron chi connectivity index (χ0n) is 13.1. The number of piperidine rings is 1. The fraction of sp³-hybridized carbons (Fsp3) is 0.588. The molecular formula is C17H26N2O2. The molecule has 1 fully saturated rings. The van der Waals surface area contributed by atoms with E-state index < -0.39 is 0 Å². The van der Waals surface area contributed by atoms with Gasteiger partial charge in [-0.3, -0.25) is 9.69 Å². The van der Waals surface area contributed by atoms with Crippen LogP contribution in [0.3, 0.4) is 0 Å². The highest BCUT2D eigenvalue weighted by molar-refractivity contribution is 5.75. The molecule has 1 amide bonds. The quantitative estimate of drug-likeness (QED) is 0.876. The van der Waals surface area contributed by atoms with Gasteiger partial charge in [0.1, 0.15) is 5.75 Å². The van der Waals surface area contributed by atoms with Crippen LogP contribution in [-0.2, 0) is 4.79 Å². The third-order valence-corrected chi connectivity index (χ3v) is 4.15. The molecular weight excluding hydrogens is 264 g/mol. The van der Waals surface area contributed by atoms with Gasteiger partial charge in [-0.15, -0.1) is 0 Å². The summed E-state index contributed by atoms with van der Waals surface area (Å²) in [6, 6.07) is 8.46. The van der Waals surface area contributed by atoms with Crippen LogP contribution in [0.5, 0.6) is 5.75 Å². The van der Waals surface area contributed by atoms with Gasteiger partial charge in [0.2, 0.25) is 5.91 Å². The number of hydrogen-bond acceptors (Lipinski definition) is 3. The van der Waals surface area contributed by atoms with Crippen LogP contribution < -0.4 is 10.1 Å². The molecule has 116 valence electrons. The van der Waals surface area contributed by atoms with Crippen LogP contribution in [0.15, 0.2) is 24.3 Å². The molecule has 0 aliphatic carbocycles. The maximum atomic E-state index is 11.6. The second kappa shape index (κ2) is 8.03. The van der Waals surface area contributed by atoms with Gasteiger partial charge in [-0.1, -0.05) is 25.5 Å². The van der Waals surface area contributed by atoms with Gasteiger partial charge in [-0.2, -0.15) is 0 Å². The van der Waals surface area contributed by atoms with E-state index in [2.05, 4.69) is 22.3 Å². The van der Waals surface area contributed by atoms with Crippen LogP contribution in [0.1, 0.15) is 44.2 Å². The number of carbonyl (C=O) groups excluding carboxylic acids is 1. The first-order valence-corrected chi connectivity index (χ1v) is 7.89. The lowest BCUT2D eigenvalue weighted by molar-refractivity contribution is -0.121. The minimum Gasteiger partial charge on any atom is -0.497 e. The third kappa shape index (κ3) is 4.46. The summed E-state index contributed by atoms with van der Waals surface area (Å²) in [5, 5.41) is 3.04. The third-order valence-electron chi connectivity index (χ3n) is 4.15. The predicted molar refractivity (Wildman–Crippen MR) is 84.5 cm³/mol. The fourth-order valence-electron chi connectivity index (χ4n) is 2.85. The average Bonchev–Trinajstić information content (AvgIpc) is 2.56. The van der Waals surface area contributed by atoms with Crippen LogP contribution in [0, 0.1) is 0 Å². The van der Waals surface area contributed by atoms with E-state index in [1.165, 1.54) is 24.8 Å². The van der Waals surface area contributed by atoms with Crippen molar-refractivity contribution in [2.75, 3.05) is 26.7 Å². The first kappa shape index (κ1) is 15.8. The Balaban J connectivity index is 2.10. The molecule has 4 nitrogen and oxygen atoms in total. The van der Waals surface area contributed by atoms with E-state index in [1.54, 1.807) is 7.11 Å². The van der Waals surface area contributed by atoms with Gasteiger partial charge < -0.3 is 10.1 Å². The molecule has 21 heavy (non-hydrogen) atoms. The van der Waals surface area contributed by atoms with Gasteiger partial charge in [-0.25, -0.2) is 0 Å². The molecule has 1 heterocycles. The Morgan fingerprint density at radius 2 is 1.90 bits per heavy atom. The molecule has 0 aromatic heterocycles. The van der Waals surface area contributed by atoms with Gasteiger partial charge >= 0.3 is 0 Å². The summed E-state index contributed by atoms with van der Waals surface area (Å²) in [5.74, 6) is 0.985. The molecule has 1 aromatic rings. The molecule has 1 atom stereocenters. The van der Waals surface area contributed by atoms with Crippen LogP contribution in [0.2, 0.25) is 0 Å². The molecule has 1 aliphatic heterocycles. The Kier molecular flexibility index (Phi) is 6.05. The molecule has 4 heteroatoms. The minimum absolute atomic E-state index is 0.116. The number of benzene rings is 1. The number of nitrogens with zero attached hydrogens (tertiary/aromatic N) is 1.